The Bertz CT molecular complexity index is 999. The van der Waals surface area contributed by atoms with Crippen molar-refractivity contribution >= 4 is 39.8 Å². The molecule has 0 saturated carbocycles. The Morgan fingerprint density at radius 1 is 1.06 bits per heavy atom. The normalized spacial score (nSPS) is 12.5. The number of carbonyl (C=O) groups excluding carboxylic acids is 2. The van der Waals surface area contributed by atoms with Gasteiger partial charge in [-0.25, -0.2) is 0 Å². The topological polar surface area (TPSA) is 127 Å². The maximum atomic E-state index is 12.7. The van der Waals surface area contributed by atoms with Gasteiger partial charge in [0.2, 0.25) is 6.79 Å². The molecule has 0 aliphatic carbocycles. The van der Waals surface area contributed by atoms with E-state index in [0.717, 1.165) is 0 Å². The number of rotatable bonds is 10. The average Bonchev–Trinajstić information content (AvgIpc) is 3.38. The molecule has 1 aliphatic heterocycles. The van der Waals surface area contributed by atoms with Crippen molar-refractivity contribution in [1.29, 1.82) is 0 Å². The van der Waals surface area contributed by atoms with Crippen LogP contribution in [-0.4, -0.2) is 36.2 Å². The lowest BCUT2D eigenvalue weighted by Gasteiger charge is -2.10. The molecule has 164 valence electrons. The van der Waals surface area contributed by atoms with Gasteiger partial charge in [-0.3, -0.25) is 14.4 Å². The highest BCUT2D eigenvalue weighted by molar-refractivity contribution is 9.10. The first-order valence-electron chi connectivity index (χ1n) is 9.60. The predicted molar refractivity (Wildman–Crippen MR) is 114 cm³/mol. The van der Waals surface area contributed by atoms with E-state index in [4.69, 9.17) is 19.0 Å². The maximum Gasteiger partial charge on any atom is 0.303 e. The van der Waals surface area contributed by atoms with Crippen molar-refractivity contribution in [3.05, 3.63) is 52.0 Å². The summed E-state index contributed by atoms with van der Waals surface area (Å²) in [6.07, 6.45) is 3.45. The number of nitrogens with one attached hydrogen (secondary N) is 2. The Hall–Kier alpha value is -3.27. The van der Waals surface area contributed by atoms with Crippen LogP contribution in [0.25, 0.3) is 6.08 Å². The van der Waals surface area contributed by atoms with E-state index in [9.17, 15) is 14.4 Å². The van der Waals surface area contributed by atoms with E-state index in [1.165, 1.54) is 12.1 Å². The number of carbonyl (C=O) groups is 3. The number of fused-ring (bicyclic) bond motifs is 1. The summed E-state index contributed by atoms with van der Waals surface area (Å²) in [6.45, 7) is 0.473. The van der Waals surface area contributed by atoms with Gasteiger partial charge in [-0.05, 0) is 64.7 Å². The Morgan fingerprint density at radius 2 is 1.87 bits per heavy atom. The number of furan rings is 1. The van der Waals surface area contributed by atoms with Gasteiger partial charge in [0.05, 0.1) is 0 Å². The third-order valence-corrected chi connectivity index (χ3v) is 4.78. The fourth-order valence-electron chi connectivity index (χ4n) is 2.82. The van der Waals surface area contributed by atoms with Crippen LogP contribution in [0.2, 0.25) is 0 Å². The van der Waals surface area contributed by atoms with Crippen LogP contribution < -0.4 is 20.1 Å². The van der Waals surface area contributed by atoms with Crippen LogP contribution in [0.4, 0.5) is 0 Å². The average molecular weight is 493 g/mol. The Morgan fingerprint density at radius 3 is 2.61 bits per heavy atom. The number of halogens is 1. The van der Waals surface area contributed by atoms with Gasteiger partial charge in [-0.1, -0.05) is 12.5 Å². The van der Waals surface area contributed by atoms with E-state index in [-0.39, 0.29) is 24.7 Å². The maximum absolute atomic E-state index is 12.7. The Labute approximate surface area is 186 Å². The summed E-state index contributed by atoms with van der Waals surface area (Å²) >= 11 is 3.14. The van der Waals surface area contributed by atoms with Gasteiger partial charge in [0.1, 0.15) is 5.70 Å². The molecular weight excluding hydrogens is 472 g/mol. The van der Waals surface area contributed by atoms with Crippen LogP contribution in [0.3, 0.4) is 0 Å². The number of aliphatic carboxylic acids is 1. The van der Waals surface area contributed by atoms with Crippen molar-refractivity contribution in [2.24, 2.45) is 0 Å². The van der Waals surface area contributed by atoms with Crippen LogP contribution in [0.15, 0.2) is 45.1 Å². The molecule has 0 radical (unpaired) electrons. The van der Waals surface area contributed by atoms with Crippen LogP contribution in [0.1, 0.15) is 41.8 Å². The van der Waals surface area contributed by atoms with Gasteiger partial charge >= 0.3 is 5.97 Å². The second-order valence-electron chi connectivity index (χ2n) is 6.69. The molecule has 0 saturated heterocycles. The fourth-order valence-corrected chi connectivity index (χ4v) is 3.13. The second kappa shape index (κ2) is 10.7. The van der Waals surface area contributed by atoms with Crippen molar-refractivity contribution < 1.29 is 33.4 Å². The van der Waals surface area contributed by atoms with Crippen molar-refractivity contribution in [2.45, 2.75) is 25.7 Å². The second-order valence-corrected chi connectivity index (χ2v) is 7.47. The number of hydrogen-bond donors (Lipinski definition) is 3. The molecule has 1 aromatic heterocycles. The molecule has 0 atom stereocenters. The highest BCUT2D eigenvalue weighted by atomic mass is 79.9. The first-order chi connectivity index (χ1) is 14.9. The molecule has 31 heavy (non-hydrogen) atoms. The first kappa shape index (κ1) is 22.4. The number of hydrogen-bond acceptors (Lipinski definition) is 6. The molecule has 0 unspecified atom stereocenters. The van der Waals surface area contributed by atoms with Crippen molar-refractivity contribution in [3.63, 3.8) is 0 Å². The van der Waals surface area contributed by atoms with Gasteiger partial charge in [0.25, 0.3) is 11.8 Å². The molecule has 3 N–H and O–H groups in total. The minimum atomic E-state index is -0.842. The molecule has 10 heteroatoms. The molecule has 1 aliphatic rings. The van der Waals surface area contributed by atoms with Crippen molar-refractivity contribution in [3.8, 4) is 11.5 Å². The van der Waals surface area contributed by atoms with Gasteiger partial charge in [-0.2, -0.15) is 0 Å². The molecule has 0 fully saturated rings. The number of unbranched alkanes of at least 4 members (excludes halogenated alkanes) is 2. The lowest BCUT2D eigenvalue weighted by molar-refractivity contribution is -0.137. The van der Waals surface area contributed by atoms with Crippen molar-refractivity contribution in [2.75, 3.05) is 13.3 Å². The summed E-state index contributed by atoms with van der Waals surface area (Å²) in [6, 6.07) is 8.22. The van der Waals surface area contributed by atoms with Gasteiger partial charge in [0.15, 0.2) is 21.9 Å². The number of carboxylic acids is 1. The van der Waals surface area contributed by atoms with E-state index >= 15 is 0 Å². The van der Waals surface area contributed by atoms with Crippen LogP contribution in [-0.2, 0) is 9.59 Å². The van der Waals surface area contributed by atoms with E-state index < -0.39 is 17.8 Å². The van der Waals surface area contributed by atoms with Gasteiger partial charge in [0, 0.05) is 13.0 Å². The molecule has 1 aromatic carbocycles. The van der Waals surface area contributed by atoms with Gasteiger partial charge < -0.3 is 29.6 Å². The number of amides is 2. The zero-order valence-corrected chi connectivity index (χ0v) is 18.1. The number of carboxylic acid groups (broad SMARTS) is 1. The summed E-state index contributed by atoms with van der Waals surface area (Å²) in [5.74, 6) is -0.693. The minimum absolute atomic E-state index is 0.0296. The van der Waals surface area contributed by atoms with E-state index in [1.54, 1.807) is 24.3 Å². The quantitative estimate of drug-likeness (QED) is 0.342. The summed E-state index contributed by atoms with van der Waals surface area (Å²) in [4.78, 5) is 35.7. The summed E-state index contributed by atoms with van der Waals surface area (Å²) in [7, 11) is 0. The highest BCUT2D eigenvalue weighted by Crippen LogP contribution is 2.33. The highest BCUT2D eigenvalue weighted by Gasteiger charge is 2.18. The molecule has 2 aromatic rings. The molecule has 2 heterocycles. The lowest BCUT2D eigenvalue weighted by atomic mass is 10.1. The Balaban J connectivity index is 1.68. The zero-order valence-electron chi connectivity index (χ0n) is 16.5. The molecule has 9 nitrogen and oxygen atoms in total. The van der Waals surface area contributed by atoms with E-state index in [1.807, 2.05) is 0 Å². The summed E-state index contributed by atoms with van der Waals surface area (Å²) in [5.41, 5.74) is 0.665. The van der Waals surface area contributed by atoms with Crippen LogP contribution in [0.5, 0.6) is 11.5 Å². The number of benzene rings is 1. The smallest absolute Gasteiger partial charge is 0.303 e. The largest absolute Gasteiger partial charge is 0.481 e. The predicted octanol–water partition coefficient (Wildman–Crippen LogP) is 3.30. The monoisotopic (exact) mass is 492 g/mol. The van der Waals surface area contributed by atoms with Crippen LogP contribution >= 0.6 is 15.9 Å². The van der Waals surface area contributed by atoms with Crippen molar-refractivity contribution in [1.82, 2.24) is 10.6 Å². The standard InChI is InChI=1S/C21H21BrN2O7/c22-18-8-7-16(31-18)21(28)24-14(20(27)23-9-3-1-2-4-19(25)26)10-13-5-6-15-17(11-13)30-12-29-15/h5-8,10-11H,1-4,9,12H2,(H,23,27)(H,24,28)(H,25,26)/b14-10+. The SMILES string of the molecule is O=C(O)CCCCCNC(=O)/C(=C\c1ccc2c(c1)OCO2)NC(=O)c1ccc(Br)o1. The lowest BCUT2D eigenvalue weighted by Crippen LogP contribution is -2.35. The fraction of sp³-hybridized carbons (Fsp3) is 0.286. The van der Waals surface area contributed by atoms with Gasteiger partial charge in [-0.15, -0.1) is 0 Å². The zero-order chi connectivity index (χ0) is 22.2. The molecule has 3 rings (SSSR count). The van der Waals surface area contributed by atoms with E-state index in [2.05, 4.69) is 26.6 Å². The third kappa shape index (κ3) is 6.61. The molecular formula is C21H21BrN2O7. The Kier molecular flexibility index (Phi) is 7.71. The minimum Gasteiger partial charge on any atom is -0.481 e. The third-order valence-electron chi connectivity index (χ3n) is 4.35. The first-order valence-corrected chi connectivity index (χ1v) is 10.4. The molecule has 0 bridgehead atoms. The van der Waals surface area contributed by atoms with E-state index in [0.29, 0.717) is 47.5 Å². The number of ether oxygens (including phenoxy) is 2. The molecule has 2 amide bonds. The van der Waals surface area contributed by atoms with Crippen LogP contribution in [0, 0.1) is 0 Å². The molecule has 0 spiro atoms. The summed E-state index contributed by atoms with van der Waals surface area (Å²) < 4.78 is 16.3. The summed E-state index contributed by atoms with van der Waals surface area (Å²) in [5, 5.41) is 14.0.